The minimum absolute atomic E-state index is 0.209. The fourth-order valence-electron chi connectivity index (χ4n) is 2.77. The van der Waals surface area contributed by atoms with Gasteiger partial charge in [0.25, 0.3) is 11.1 Å². The Morgan fingerprint density at radius 3 is 2.61 bits per heavy atom. The standard InChI is InChI=1S/C21H13BrClNO3S/c22-15-3-1-2-14(10-15)18-9-8-17(27-18)11-19-20(25)24(21(26)28-19)12-13-4-6-16(23)7-5-13/h1-11H,12H2/b19-11-. The molecular formula is C21H13BrClNO3S. The number of imide groups is 1. The van der Waals surface area contributed by atoms with Gasteiger partial charge in [0.2, 0.25) is 0 Å². The molecule has 3 aromatic rings. The number of amides is 2. The van der Waals surface area contributed by atoms with Crippen LogP contribution in [0.25, 0.3) is 17.4 Å². The number of hydrogen-bond donors (Lipinski definition) is 0. The van der Waals surface area contributed by atoms with E-state index in [0.717, 1.165) is 27.4 Å². The molecular weight excluding hydrogens is 462 g/mol. The van der Waals surface area contributed by atoms with Crippen molar-refractivity contribution in [1.29, 1.82) is 0 Å². The average Bonchev–Trinajstić information content (AvgIpc) is 3.24. The van der Waals surface area contributed by atoms with E-state index in [2.05, 4.69) is 15.9 Å². The van der Waals surface area contributed by atoms with E-state index >= 15 is 0 Å². The predicted molar refractivity (Wildman–Crippen MR) is 115 cm³/mol. The summed E-state index contributed by atoms with van der Waals surface area (Å²) in [6.45, 7) is 0.209. The van der Waals surface area contributed by atoms with Gasteiger partial charge in [-0.3, -0.25) is 14.5 Å². The molecule has 1 fully saturated rings. The van der Waals surface area contributed by atoms with Crippen LogP contribution in [0.2, 0.25) is 5.02 Å². The topological polar surface area (TPSA) is 50.5 Å². The van der Waals surface area contributed by atoms with Gasteiger partial charge in [0.05, 0.1) is 11.4 Å². The Kier molecular flexibility index (Phi) is 5.44. The summed E-state index contributed by atoms with van der Waals surface area (Å²) >= 11 is 10.2. The summed E-state index contributed by atoms with van der Waals surface area (Å²) in [6, 6.07) is 18.4. The fourth-order valence-corrected chi connectivity index (χ4v) is 4.11. The molecule has 0 aliphatic carbocycles. The SMILES string of the molecule is O=C1S/C(=C\c2ccc(-c3cccc(Br)c3)o2)C(=O)N1Cc1ccc(Cl)cc1. The molecule has 0 saturated carbocycles. The number of thioether (sulfide) groups is 1. The number of nitrogens with zero attached hydrogens (tertiary/aromatic N) is 1. The highest BCUT2D eigenvalue weighted by Crippen LogP contribution is 2.34. The Balaban J connectivity index is 1.53. The molecule has 0 radical (unpaired) electrons. The summed E-state index contributed by atoms with van der Waals surface area (Å²) in [6.07, 6.45) is 1.61. The van der Waals surface area contributed by atoms with Gasteiger partial charge in [-0.1, -0.05) is 51.8 Å². The van der Waals surface area contributed by atoms with Crippen molar-refractivity contribution in [3.63, 3.8) is 0 Å². The molecule has 2 aromatic carbocycles. The van der Waals surface area contributed by atoms with Gasteiger partial charge in [-0.2, -0.15) is 0 Å². The van der Waals surface area contributed by atoms with Crippen molar-refractivity contribution in [2.24, 2.45) is 0 Å². The van der Waals surface area contributed by atoms with E-state index in [0.29, 0.717) is 21.4 Å². The van der Waals surface area contributed by atoms with Crippen LogP contribution in [-0.2, 0) is 11.3 Å². The summed E-state index contributed by atoms with van der Waals surface area (Å²) in [5, 5.41) is 0.307. The first-order valence-electron chi connectivity index (χ1n) is 8.35. The molecule has 1 aliphatic heterocycles. The van der Waals surface area contributed by atoms with Gasteiger partial charge in [0.15, 0.2) is 0 Å². The second-order valence-electron chi connectivity index (χ2n) is 6.11. The molecule has 1 aromatic heterocycles. The highest BCUT2D eigenvalue weighted by molar-refractivity contribution is 9.10. The first kappa shape index (κ1) is 19.1. The third-order valence-corrected chi connectivity index (χ3v) is 5.79. The van der Waals surface area contributed by atoms with Crippen LogP contribution in [0, 0.1) is 0 Å². The molecule has 0 spiro atoms. The first-order chi connectivity index (χ1) is 13.5. The lowest BCUT2D eigenvalue weighted by atomic mass is 10.2. The maximum Gasteiger partial charge on any atom is 0.293 e. The highest BCUT2D eigenvalue weighted by Gasteiger charge is 2.35. The van der Waals surface area contributed by atoms with Crippen LogP contribution in [0.1, 0.15) is 11.3 Å². The number of benzene rings is 2. The van der Waals surface area contributed by atoms with Crippen molar-refractivity contribution >= 4 is 56.5 Å². The van der Waals surface area contributed by atoms with Gasteiger partial charge in [0.1, 0.15) is 11.5 Å². The Morgan fingerprint density at radius 1 is 1.07 bits per heavy atom. The van der Waals surface area contributed by atoms with Crippen LogP contribution in [0.15, 0.2) is 74.5 Å². The Bertz CT molecular complexity index is 1090. The summed E-state index contributed by atoms with van der Waals surface area (Å²) in [7, 11) is 0. The van der Waals surface area contributed by atoms with Gasteiger partial charge in [-0.25, -0.2) is 0 Å². The summed E-state index contributed by atoms with van der Waals surface area (Å²) in [4.78, 5) is 26.5. The number of hydrogen-bond acceptors (Lipinski definition) is 4. The minimum Gasteiger partial charge on any atom is -0.457 e. The van der Waals surface area contributed by atoms with Crippen molar-refractivity contribution in [1.82, 2.24) is 4.90 Å². The molecule has 0 N–H and O–H groups in total. The molecule has 2 heterocycles. The molecule has 1 aliphatic rings. The second-order valence-corrected chi connectivity index (χ2v) is 8.45. The molecule has 0 atom stereocenters. The molecule has 4 rings (SSSR count). The number of rotatable bonds is 4. The van der Waals surface area contributed by atoms with Crippen LogP contribution < -0.4 is 0 Å². The van der Waals surface area contributed by atoms with Gasteiger partial charge in [-0.15, -0.1) is 0 Å². The lowest BCUT2D eigenvalue weighted by Crippen LogP contribution is -2.27. The molecule has 2 amide bonds. The molecule has 1 saturated heterocycles. The van der Waals surface area contributed by atoms with E-state index in [-0.39, 0.29) is 17.7 Å². The lowest BCUT2D eigenvalue weighted by molar-refractivity contribution is -0.123. The van der Waals surface area contributed by atoms with Crippen LogP contribution in [0.4, 0.5) is 4.79 Å². The van der Waals surface area contributed by atoms with Crippen molar-refractivity contribution in [3.05, 3.63) is 86.4 Å². The molecule has 7 heteroatoms. The molecule has 140 valence electrons. The third-order valence-electron chi connectivity index (χ3n) is 4.14. The minimum atomic E-state index is -0.328. The Labute approximate surface area is 179 Å². The van der Waals surface area contributed by atoms with Crippen LogP contribution >= 0.6 is 39.3 Å². The second kappa shape index (κ2) is 7.99. The van der Waals surface area contributed by atoms with Crippen LogP contribution in [0.5, 0.6) is 0 Å². The largest absolute Gasteiger partial charge is 0.457 e. The maximum absolute atomic E-state index is 12.7. The molecule has 0 bridgehead atoms. The van der Waals surface area contributed by atoms with E-state index in [1.54, 1.807) is 36.4 Å². The Hall–Kier alpha value is -2.28. The molecule has 0 unspecified atom stereocenters. The quantitative estimate of drug-likeness (QED) is 0.400. The predicted octanol–water partition coefficient (Wildman–Crippen LogP) is 6.60. The zero-order valence-electron chi connectivity index (χ0n) is 14.4. The summed E-state index contributed by atoms with van der Waals surface area (Å²) in [5.41, 5.74) is 1.76. The van der Waals surface area contributed by atoms with Crippen LogP contribution in [0.3, 0.4) is 0 Å². The van der Waals surface area contributed by atoms with Gasteiger partial charge >= 0.3 is 0 Å². The zero-order valence-corrected chi connectivity index (χ0v) is 17.6. The van der Waals surface area contributed by atoms with Gasteiger partial charge < -0.3 is 4.42 Å². The first-order valence-corrected chi connectivity index (χ1v) is 10.3. The highest BCUT2D eigenvalue weighted by atomic mass is 79.9. The smallest absolute Gasteiger partial charge is 0.293 e. The van der Waals surface area contributed by atoms with E-state index < -0.39 is 0 Å². The molecule has 4 nitrogen and oxygen atoms in total. The maximum atomic E-state index is 12.7. The lowest BCUT2D eigenvalue weighted by Gasteiger charge is -2.12. The van der Waals surface area contributed by atoms with Crippen LogP contribution in [-0.4, -0.2) is 16.0 Å². The normalized spacial score (nSPS) is 15.6. The van der Waals surface area contributed by atoms with Crippen molar-refractivity contribution in [2.45, 2.75) is 6.54 Å². The van der Waals surface area contributed by atoms with E-state index in [9.17, 15) is 9.59 Å². The molecule has 28 heavy (non-hydrogen) atoms. The number of furan rings is 1. The van der Waals surface area contributed by atoms with Crippen molar-refractivity contribution in [2.75, 3.05) is 0 Å². The van der Waals surface area contributed by atoms with Crippen molar-refractivity contribution in [3.8, 4) is 11.3 Å². The van der Waals surface area contributed by atoms with E-state index in [4.69, 9.17) is 16.0 Å². The third kappa shape index (κ3) is 4.09. The Morgan fingerprint density at radius 2 is 1.86 bits per heavy atom. The number of carbonyl (C=O) groups excluding carboxylic acids is 2. The summed E-state index contributed by atoms with van der Waals surface area (Å²) < 4.78 is 6.78. The monoisotopic (exact) mass is 473 g/mol. The fraction of sp³-hybridized carbons (Fsp3) is 0.0476. The zero-order chi connectivity index (χ0) is 19.7. The van der Waals surface area contributed by atoms with Crippen molar-refractivity contribution < 1.29 is 14.0 Å². The van der Waals surface area contributed by atoms with E-state index in [1.807, 2.05) is 30.3 Å². The van der Waals surface area contributed by atoms with Gasteiger partial charge in [0, 0.05) is 21.1 Å². The van der Waals surface area contributed by atoms with E-state index in [1.165, 1.54) is 4.90 Å². The van der Waals surface area contributed by atoms with Gasteiger partial charge in [-0.05, 0) is 53.7 Å². The average molecular weight is 475 g/mol. The summed E-state index contributed by atoms with van der Waals surface area (Å²) in [5.74, 6) is 0.880. The number of carbonyl (C=O) groups is 2. The number of halogens is 2.